The van der Waals surface area contributed by atoms with E-state index in [1.54, 1.807) is 11.4 Å². The van der Waals surface area contributed by atoms with E-state index in [1.807, 2.05) is 6.92 Å². The molecule has 0 spiro atoms. The zero-order chi connectivity index (χ0) is 12.2. The van der Waals surface area contributed by atoms with E-state index in [4.69, 9.17) is 0 Å². The molecule has 5 heteroatoms. The van der Waals surface area contributed by atoms with Crippen molar-refractivity contribution in [1.82, 2.24) is 4.31 Å². The Labute approximate surface area is 108 Å². The van der Waals surface area contributed by atoms with Gasteiger partial charge in [-0.05, 0) is 19.3 Å². The van der Waals surface area contributed by atoms with Gasteiger partial charge in [0.05, 0.1) is 5.75 Å². The minimum absolute atomic E-state index is 0.149. The lowest BCUT2D eigenvalue weighted by Gasteiger charge is -2.34. The summed E-state index contributed by atoms with van der Waals surface area (Å²) in [5.41, 5.74) is 0. The lowest BCUT2D eigenvalue weighted by Crippen LogP contribution is -2.44. The lowest BCUT2D eigenvalue weighted by atomic mass is 9.96. The topological polar surface area (TPSA) is 37.4 Å². The largest absolute Gasteiger partial charge is 0.214 e. The third kappa shape index (κ3) is 3.70. The molecule has 1 fully saturated rings. The molecule has 0 radical (unpaired) electrons. The molecule has 0 aliphatic heterocycles. The Kier molecular flexibility index (Phi) is 5.74. The molecule has 96 valence electrons. The molecule has 2 unspecified atom stereocenters. The Bertz CT molecular complexity index is 305. The van der Waals surface area contributed by atoms with Gasteiger partial charge in [0, 0.05) is 17.9 Å². The molecule has 0 N–H and O–H groups in total. The van der Waals surface area contributed by atoms with Crippen LogP contribution in [0.2, 0.25) is 0 Å². The zero-order valence-corrected chi connectivity index (χ0v) is 12.6. The number of sulfonamides is 1. The lowest BCUT2D eigenvalue weighted by molar-refractivity contribution is 0.297. The van der Waals surface area contributed by atoms with Gasteiger partial charge in [0.25, 0.3) is 0 Å². The third-order valence-electron chi connectivity index (χ3n) is 3.31. The summed E-state index contributed by atoms with van der Waals surface area (Å²) >= 11 is 3.61. The normalized spacial score (nSPS) is 27.2. The summed E-state index contributed by atoms with van der Waals surface area (Å²) in [4.78, 5) is 0.322. The van der Waals surface area contributed by atoms with Crippen molar-refractivity contribution in [3.05, 3.63) is 0 Å². The average molecular weight is 312 g/mol. The smallest absolute Gasteiger partial charge is 0.212 e. The molecule has 16 heavy (non-hydrogen) atoms. The molecule has 0 aromatic heterocycles. The van der Waals surface area contributed by atoms with Gasteiger partial charge in [0.2, 0.25) is 10.0 Å². The highest BCUT2D eigenvalue weighted by atomic mass is 79.9. The first-order valence-electron chi connectivity index (χ1n) is 6.09. The van der Waals surface area contributed by atoms with Crippen LogP contribution in [0.3, 0.4) is 0 Å². The fourth-order valence-corrected chi connectivity index (χ4v) is 4.86. The highest BCUT2D eigenvalue weighted by Gasteiger charge is 2.32. The van der Waals surface area contributed by atoms with E-state index in [9.17, 15) is 8.42 Å². The van der Waals surface area contributed by atoms with E-state index >= 15 is 0 Å². The number of nitrogens with zero attached hydrogens (tertiary/aromatic N) is 1. The number of alkyl halides is 1. The van der Waals surface area contributed by atoms with Crippen LogP contribution in [-0.4, -0.2) is 36.4 Å². The fourth-order valence-electron chi connectivity index (χ4n) is 2.15. The monoisotopic (exact) mass is 311 g/mol. The Morgan fingerprint density at radius 3 is 2.50 bits per heavy atom. The van der Waals surface area contributed by atoms with Gasteiger partial charge >= 0.3 is 0 Å². The van der Waals surface area contributed by atoms with Gasteiger partial charge in [0.1, 0.15) is 0 Å². The van der Waals surface area contributed by atoms with E-state index in [2.05, 4.69) is 15.9 Å². The molecule has 0 aromatic rings. The van der Waals surface area contributed by atoms with Gasteiger partial charge < -0.3 is 0 Å². The maximum Gasteiger partial charge on any atom is 0.214 e. The summed E-state index contributed by atoms with van der Waals surface area (Å²) in [6, 6.07) is 0.149. The third-order valence-corrected chi connectivity index (χ3v) is 6.33. The molecule has 1 aliphatic rings. The van der Waals surface area contributed by atoms with Crippen LogP contribution >= 0.6 is 15.9 Å². The van der Waals surface area contributed by atoms with E-state index in [0.29, 0.717) is 4.83 Å². The van der Waals surface area contributed by atoms with Crippen molar-refractivity contribution < 1.29 is 8.42 Å². The molecule has 1 rings (SSSR count). The fraction of sp³-hybridized carbons (Fsp3) is 1.00. The van der Waals surface area contributed by atoms with Crippen molar-refractivity contribution in [3.8, 4) is 0 Å². The Morgan fingerprint density at radius 2 is 1.94 bits per heavy atom. The Morgan fingerprint density at radius 1 is 1.31 bits per heavy atom. The highest BCUT2D eigenvalue weighted by molar-refractivity contribution is 9.09. The number of unbranched alkanes of at least 4 members (excludes halogenated alkanes) is 1. The van der Waals surface area contributed by atoms with Gasteiger partial charge in [0.15, 0.2) is 0 Å². The minimum Gasteiger partial charge on any atom is -0.212 e. The molecule has 0 aromatic carbocycles. The van der Waals surface area contributed by atoms with Crippen molar-refractivity contribution in [2.75, 3.05) is 12.8 Å². The van der Waals surface area contributed by atoms with E-state index in [0.717, 1.165) is 32.1 Å². The molecule has 0 heterocycles. The van der Waals surface area contributed by atoms with Gasteiger partial charge in [-0.25, -0.2) is 12.7 Å². The minimum atomic E-state index is -3.05. The average Bonchev–Trinajstić information content (AvgIpc) is 2.26. The van der Waals surface area contributed by atoms with Crippen molar-refractivity contribution >= 4 is 26.0 Å². The van der Waals surface area contributed by atoms with E-state index in [-0.39, 0.29) is 11.8 Å². The molecule has 1 saturated carbocycles. The van der Waals surface area contributed by atoms with Gasteiger partial charge in [-0.2, -0.15) is 0 Å². The molecule has 2 atom stereocenters. The van der Waals surface area contributed by atoms with Crippen molar-refractivity contribution in [2.24, 2.45) is 0 Å². The van der Waals surface area contributed by atoms with Crippen LogP contribution in [-0.2, 0) is 10.0 Å². The first-order chi connectivity index (χ1) is 7.49. The molecule has 0 amide bonds. The standard InChI is InChI=1S/C11H22BrNO2S/c1-3-4-9-16(14,15)13(2)11-8-6-5-7-10(11)12/h10-11H,3-9H2,1-2H3. The summed E-state index contributed by atoms with van der Waals surface area (Å²) in [7, 11) is -1.32. The maximum absolute atomic E-state index is 12.0. The van der Waals surface area contributed by atoms with Crippen LogP contribution in [0.25, 0.3) is 0 Å². The summed E-state index contributed by atoms with van der Waals surface area (Å²) in [6.07, 6.45) is 6.09. The molecular formula is C11H22BrNO2S. The summed E-state index contributed by atoms with van der Waals surface area (Å²) in [6.45, 7) is 2.02. The van der Waals surface area contributed by atoms with Gasteiger partial charge in [-0.1, -0.05) is 42.1 Å². The Hall–Kier alpha value is 0.390. The molecule has 0 bridgehead atoms. The second-order valence-corrected chi connectivity index (χ2v) is 7.88. The number of hydrogen-bond donors (Lipinski definition) is 0. The molecule has 3 nitrogen and oxygen atoms in total. The summed E-state index contributed by atoms with van der Waals surface area (Å²) < 4.78 is 25.7. The van der Waals surface area contributed by atoms with Crippen LogP contribution in [0, 0.1) is 0 Å². The highest BCUT2D eigenvalue weighted by Crippen LogP contribution is 2.29. The first kappa shape index (κ1) is 14.5. The van der Waals surface area contributed by atoms with Crippen molar-refractivity contribution in [2.45, 2.75) is 56.3 Å². The molecular weight excluding hydrogens is 290 g/mol. The summed E-state index contributed by atoms with van der Waals surface area (Å²) in [5.74, 6) is 0.288. The second kappa shape index (κ2) is 6.36. The van der Waals surface area contributed by atoms with Crippen LogP contribution in [0.4, 0.5) is 0 Å². The Balaban J connectivity index is 2.64. The SMILES string of the molecule is CCCCS(=O)(=O)N(C)C1CCCCC1Br. The van der Waals surface area contributed by atoms with Crippen LogP contribution in [0.5, 0.6) is 0 Å². The van der Waals surface area contributed by atoms with E-state index in [1.165, 1.54) is 6.42 Å². The van der Waals surface area contributed by atoms with Crippen LogP contribution in [0.15, 0.2) is 0 Å². The van der Waals surface area contributed by atoms with Crippen molar-refractivity contribution in [1.29, 1.82) is 0 Å². The quantitative estimate of drug-likeness (QED) is 0.732. The number of halogens is 1. The second-order valence-electron chi connectivity index (χ2n) is 4.55. The molecule has 0 saturated heterocycles. The summed E-state index contributed by atoms with van der Waals surface area (Å²) in [5, 5.41) is 0. The number of hydrogen-bond acceptors (Lipinski definition) is 2. The number of rotatable bonds is 5. The van der Waals surface area contributed by atoms with Crippen molar-refractivity contribution in [3.63, 3.8) is 0 Å². The zero-order valence-electron chi connectivity index (χ0n) is 10.2. The van der Waals surface area contributed by atoms with Crippen LogP contribution < -0.4 is 0 Å². The van der Waals surface area contributed by atoms with E-state index < -0.39 is 10.0 Å². The van der Waals surface area contributed by atoms with Gasteiger partial charge in [-0.15, -0.1) is 0 Å². The van der Waals surface area contributed by atoms with Gasteiger partial charge in [-0.3, -0.25) is 0 Å². The first-order valence-corrected chi connectivity index (χ1v) is 8.61. The predicted octanol–water partition coefficient (Wildman–Crippen LogP) is 2.75. The predicted molar refractivity (Wildman–Crippen MR) is 71.4 cm³/mol. The molecule has 1 aliphatic carbocycles. The maximum atomic E-state index is 12.0. The van der Waals surface area contributed by atoms with Crippen LogP contribution in [0.1, 0.15) is 45.4 Å².